The Morgan fingerprint density at radius 3 is 2.59 bits per heavy atom. The molecule has 1 atom stereocenters. The molecule has 1 saturated heterocycles. The summed E-state index contributed by atoms with van der Waals surface area (Å²) in [5, 5.41) is 10.2. The molecular formula is C15H29NO. The summed E-state index contributed by atoms with van der Waals surface area (Å²) in [6, 6.07) is 0. The van der Waals surface area contributed by atoms with E-state index in [1.54, 1.807) is 0 Å². The molecule has 2 fully saturated rings. The maximum atomic E-state index is 10.2. The predicted molar refractivity (Wildman–Crippen MR) is 72.0 cm³/mol. The van der Waals surface area contributed by atoms with E-state index in [1.165, 1.54) is 45.1 Å². The fraction of sp³-hybridized carbons (Fsp3) is 1.00. The molecule has 1 aliphatic carbocycles. The van der Waals surface area contributed by atoms with E-state index in [0.29, 0.717) is 5.41 Å². The Balaban J connectivity index is 1.72. The Bertz CT molecular complexity index is 233. The van der Waals surface area contributed by atoms with Crippen LogP contribution in [0, 0.1) is 11.3 Å². The van der Waals surface area contributed by atoms with Crippen molar-refractivity contribution in [3.8, 4) is 0 Å². The third kappa shape index (κ3) is 4.26. The van der Waals surface area contributed by atoms with Crippen molar-refractivity contribution in [2.45, 2.75) is 64.9 Å². The second-order valence-electron chi connectivity index (χ2n) is 7.04. The number of hydrogen-bond acceptors (Lipinski definition) is 2. The number of nitrogens with zero attached hydrogens (tertiary/aromatic N) is 1. The Labute approximate surface area is 106 Å². The van der Waals surface area contributed by atoms with Gasteiger partial charge in [0.25, 0.3) is 0 Å². The maximum absolute atomic E-state index is 10.2. The molecule has 0 aromatic heterocycles. The quantitative estimate of drug-likeness (QED) is 0.815. The summed E-state index contributed by atoms with van der Waals surface area (Å²) < 4.78 is 0. The van der Waals surface area contributed by atoms with Gasteiger partial charge in [-0.2, -0.15) is 0 Å². The smallest absolute Gasteiger partial charge is 0.0669 e. The van der Waals surface area contributed by atoms with Crippen molar-refractivity contribution in [1.29, 1.82) is 0 Å². The Kier molecular flexibility index (Phi) is 4.48. The third-order valence-electron chi connectivity index (χ3n) is 4.53. The van der Waals surface area contributed by atoms with E-state index in [0.717, 1.165) is 25.4 Å². The molecule has 0 aromatic carbocycles. The molecule has 1 saturated carbocycles. The van der Waals surface area contributed by atoms with E-state index in [9.17, 15) is 5.11 Å². The monoisotopic (exact) mass is 239 g/mol. The van der Waals surface area contributed by atoms with Gasteiger partial charge in [-0.15, -0.1) is 0 Å². The normalized spacial score (nSPS) is 28.4. The summed E-state index contributed by atoms with van der Waals surface area (Å²) in [4.78, 5) is 2.48. The highest BCUT2D eigenvalue weighted by Crippen LogP contribution is 2.31. The summed E-state index contributed by atoms with van der Waals surface area (Å²) in [7, 11) is 0. The van der Waals surface area contributed by atoms with Crippen LogP contribution >= 0.6 is 0 Å². The second-order valence-corrected chi connectivity index (χ2v) is 7.04. The molecule has 2 aliphatic rings. The Hall–Kier alpha value is -0.0800. The first-order valence-electron chi connectivity index (χ1n) is 7.46. The molecule has 0 spiro atoms. The molecule has 2 heteroatoms. The van der Waals surface area contributed by atoms with Gasteiger partial charge in [-0.3, -0.25) is 0 Å². The molecule has 17 heavy (non-hydrogen) atoms. The van der Waals surface area contributed by atoms with Crippen molar-refractivity contribution < 1.29 is 5.11 Å². The lowest BCUT2D eigenvalue weighted by atomic mass is 9.84. The van der Waals surface area contributed by atoms with Gasteiger partial charge in [0.05, 0.1) is 6.10 Å². The summed E-state index contributed by atoms with van der Waals surface area (Å²) in [5.74, 6) is 0.808. The molecule has 0 amide bonds. The third-order valence-corrected chi connectivity index (χ3v) is 4.53. The highest BCUT2D eigenvalue weighted by molar-refractivity contribution is 4.81. The molecule has 1 heterocycles. The van der Waals surface area contributed by atoms with Gasteiger partial charge in [-0.1, -0.05) is 39.5 Å². The van der Waals surface area contributed by atoms with Crippen molar-refractivity contribution >= 4 is 0 Å². The lowest BCUT2D eigenvalue weighted by Gasteiger charge is -2.39. The first-order chi connectivity index (χ1) is 8.05. The van der Waals surface area contributed by atoms with Crippen LogP contribution in [0.5, 0.6) is 0 Å². The van der Waals surface area contributed by atoms with Gasteiger partial charge in [0.15, 0.2) is 0 Å². The average Bonchev–Trinajstić information content (AvgIpc) is 2.68. The fourth-order valence-electron chi connectivity index (χ4n) is 3.70. The van der Waals surface area contributed by atoms with Gasteiger partial charge >= 0.3 is 0 Å². The van der Waals surface area contributed by atoms with Gasteiger partial charge in [0.2, 0.25) is 0 Å². The number of hydrogen-bond donors (Lipinski definition) is 1. The number of piperidine rings is 1. The van der Waals surface area contributed by atoms with Crippen LogP contribution in [0.15, 0.2) is 0 Å². The minimum Gasteiger partial charge on any atom is -0.392 e. The van der Waals surface area contributed by atoms with E-state index in [4.69, 9.17) is 0 Å². The van der Waals surface area contributed by atoms with Crippen LogP contribution in [-0.4, -0.2) is 35.7 Å². The molecule has 1 N–H and O–H groups in total. The van der Waals surface area contributed by atoms with Crippen molar-refractivity contribution in [3.05, 3.63) is 0 Å². The standard InChI is InChI=1S/C15H29NO/c1-15(2)8-5-9-16(12-15)11-14(17)10-13-6-3-4-7-13/h13-14,17H,3-12H2,1-2H3. The molecular weight excluding hydrogens is 210 g/mol. The molecule has 2 nitrogen and oxygen atoms in total. The van der Waals surface area contributed by atoms with Crippen LogP contribution in [0.25, 0.3) is 0 Å². The summed E-state index contributed by atoms with van der Waals surface area (Å²) in [5.41, 5.74) is 0.450. The minimum atomic E-state index is -0.0907. The van der Waals surface area contributed by atoms with E-state index in [-0.39, 0.29) is 6.10 Å². The van der Waals surface area contributed by atoms with Gasteiger partial charge in [0, 0.05) is 13.1 Å². The lowest BCUT2D eigenvalue weighted by Crippen LogP contribution is -2.43. The average molecular weight is 239 g/mol. The zero-order chi connectivity index (χ0) is 12.3. The molecule has 0 aromatic rings. The van der Waals surface area contributed by atoms with E-state index in [1.807, 2.05) is 0 Å². The number of rotatable bonds is 4. The summed E-state index contributed by atoms with van der Waals surface area (Å²) in [6.45, 7) is 7.95. The summed E-state index contributed by atoms with van der Waals surface area (Å²) in [6.07, 6.45) is 9.04. The fourth-order valence-corrected chi connectivity index (χ4v) is 3.70. The zero-order valence-corrected chi connectivity index (χ0v) is 11.6. The van der Waals surface area contributed by atoms with Gasteiger partial charge in [-0.25, -0.2) is 0 Å². The number of aliphatic hydroxyl groups excluding tert-OH is 1. The Morgan fingerprint density at radius 2 is 1.94 bits per heavy atom. The highest BCUT2D eigenvalue weighted by atomic mass is 16.3. The molecule has 2 rings (SSSR count). The van der Waals surface area contributed by atoms with Gasteiger partial charge in [0.1, 0.15) is 0 Å². The Morgan fingerprint density at radius 1 is 1.24 bits per heavy atom. The van der Waals surface area contributed by atoms with E-state index < -0.39 is 0 Å². The predicted octanol–water partition coefficient (Wildman–Crippen LogP) is 3.05. The first kappa shape index (κ1) is 13.4. The van der Waals surface area contributed by atoms with Crippen molar-refractivity contribution in [1.82, 2.24) is 4.90 Å². The van der Waals surface area contributed by atoms with Crippen LogP contribution in [0.2, 0.25) is 0 Å². The van der Waals surface area contributed by atoms with Crippen LogP contribution in [0.3, 0.4) is 0 Å². The van der Waals surface area contributed by atoms with E-state index >= 15 is 0 Å². The van der Waals surface area contributed by atoms with Crippen LogP contribution in [0.1, 0.15) is 58.8 Å². The minimum absolute atomic E-state index is 0.0907. The van der Waals surface area contributed by atoms with Crippen LogP contribution in [0.4, 0.5) is 0 Å². The highest BCUT2D eigenvalue weighted by Gasteiger charge is 2.28. The first-order valence-corrected chi connectivity index (χ1v) is 7.46. The second kappa shape index (κ2) is 5.71. The number of β-amino-alcohol motifs (C(OH)–C–C–N with tert-alkyl or cyclic N) is 1. The molecule has 1 unspecified atom stereocenters. The molecule has 100 valence electrons. The number of aliphatic hydroxyl groups is 1. The van der Waals surface area contributed by atoms with Gasteiger partial charge < -0.3 is 10.0 Å². The summed E-state index contributed by atoms with van der Waals surface area (Å²) >= 11 is 0. The number of likely N-dealkylation sites (tertiary alicyclic amines) is 1. The maximum Gasteiger partial charge on any atom is 0.0669 e. The van der Waals surface area contributed by atoms with Crippen molar-refractivity contribution in [2.24, 2.45) is 11.3 Å². The van der Waals surface area contributed by atoms with Gasteiger partial charge in [-0.05, 0) is 37.1 Å². The molecule has 0 bridgehead atoms. The van der Waals surface area contributed by atoms with Crippen LogP contribution < -0.4 is 0 Å². The molecule has 1 aliphatic heterocycles. The largest absolute Gasteiger partial charge is 0.392 e. The van der Waals surface area contributed by atoms with Crippen molar-refractivity contribution in [3.63, 3.8) is 0 Å². The lowest BCUT2D eigenvalue weighted by molar-refractivity contribution is 0.0492. The van der Waals surface area contributed by atoms with Crippen molar-refractivity contribution in [2.75, 3.05) is 19.6 Å². The zero-order valence-electron chi connectivity index (χ0n) is 11.6. The van der Waals surface area contributed by atoms with E-state index in [2.05, 4.69) is 18.7 Å². The SMILES string of the molecule is CC1(C)CCCN(CC(O)CC2CCCC2)C1. The molecule has 0 radical (unpaired) electrons. The van der Waals surface area contributed by atoms with Crippen LogP contribution in [-0.2, 0) is 0 Å². The topological polar surface area (TPSA) is 23.5 Å².